The van der Waals surface area contributed by atoms with Gasteiger partial charge in [0.15, 0.2) is 0 Å². The molecule has 5 heteroatoms. The van der Waals surface area contributed by atoms with Gasteiger partial charge < -0.3 is 11.1 Å². The highest BCUT2D eigenvalue weighted by Gasteiger charge is 2.22. The summed E-state index contributed by atoms with van der Waals surface area (Å²) < 4.78 is 0. The molecule has 132 valence electrons. The molecule has 0 aliphatic rings. The number of nitrogens with zero attached hydrogens (tertiary/aromatic N) is 1. The number of nitrogens with one attached hydrogen (secondary N) is 1. The van der Waals surface area contributed by atoms with E-state index >= 15 is 0 Å². The van der Waals surface area contributed by atoms with Crippen molar-refractivity contribution in [1.29, 1.82) is 0 Å². The molecule has 1 atom stereocenters. The number of nitrogens with two attached hydrogens (primary N) is 1. The molecule has 0 bridgehead atoms. The molecule has 0 aliphatic heterocycles. The first kappa shape index (κ1) is 17.6. The minimum absolute atomic E-state index is 0.335. The van der Waals surface area contributed by atoms with E-state index in [0.29, 0.717) is 12.0 Å². The quantitative estimate of drug-likeness (QED) is 0.744. The monoisotopic (exact) mass is 347 g/mol. The highest BCUT2D eigenvalue weighted by atomic mass is 16.2. The van der Waals surface area contributed by atoms with Crippen LogP contribution >= 0.6 is 0 Å². The summed E-state index contributed by atoms with van der Waals surface area (Å²) in [6, 6.07) is 14.2. The minimum Gasteiger partial charge on any atom is -0.368 e. The number of pyridine rings is 1. The lowest BCUT2D eigenvalue weighted by atomic mass is 9.96. The van der Waals surface area contributed by atoms with Crippen molar-refractivity contribution in [2.75, 3.05) is 0 Å². The second kappa shape index (κ2) is 7.35. The Labute approximate surface area is 152 Å². The number of para-hydroxylation sites is 1. The summed E-state index contributed by atoms with van der Waals surface area (Å²) in [5, 5.41) is 3.53. The van der Waals surface area contributed by atoms with Crippen LogP contribution in [0.25, 0.3) is 10.9 Å². The largest absolute Gasteiger partial charge is 0.368 e. The second-order valence-corrected chi connectivity index (χ2v) is 6.38. The van der Waals surface area contributed by atoms with E-state index in [1.165, 1.54) is 0 Å². The van der Waals surface area contributed by atoms with Gasteiger partial charge in [0.1, 0.15) is 6.04 Å². The summed E-state index contributed by atoms with van der Waals surface area (Å²) in [5.41, 5.74) is 9.92. The zero-order valence-electron chi connectivity index (χ0n) is 14.8. The van der Waals surface area contributed by atoms with E-state index in [1.54, 1.807) is 12.3 Å². The van der Waals surface area contributed by atoms with Crippen LogP contribution in [0.1, 0.15) is 27.0 Å². The third-order valence-corrected chi connectivity index (χ3v) is 4.60. The molecule has 0 saturated carbocycles. The van der Waals surface area contributed by atoms with Crippen molar-refractivity contribution in [3.63, 3.8) is 0 Å². The van der Waals surface area contributed by atoms with Crippen molar-refractivity contribution in [3.05, 3.63) is 77.0 Å². The zero-order chi connectivity index (χ0) is 18.7. The number of primary amides is 1. The molecule has 3 N–H and O–H groups in total. The van der Waals surface area contributed by atoms with Crippen LogP contribution in [0.5, 0.6) is 0 Å². The fourth-order valence-electron chi connectivity index (χ4n) is 3.13. The van der Waals surface area contributed by atoms with Gasteiger partial charge >= 0.3 is 0 Å². The average molecular weight is 347 g/mol. The molecule has 26 heavy (non-hydrogen) atoms. The molecule has 0 saturated heterocycles. The van der Waals surface area contributed by atoms with Crippen LogP contribution < -0.4 is 11.1 Å². The van der Waals surface area contributed by atoms with Crippen molar-refractivity contribution < 1.29 is 9.59 Å². The fourth-order valence-corrected chi connectivity index (χ4v) is 3.13. The number of hydrogen-bond donors (Lipinski definition) is 2. The maximum atomic E-state index is 12.8. The molecule has 1 heterocycles. The smallest absolute Gasteiger partial charge is 0.252 e. The van der Waals surface area contributed by atoms with Crippen molar-refractivity contribution in [2.45, 2.75) is 26.3 Å². The first-order valence-electron chi connectivity index (χ1n) is 8.46. The number of benzene rings is 2. The summed E-state index contributed by atoms with van der Waals surface area (Å²) in [7, 11) is 0. The van der Waals surface area contributed by atoms with Crippen LogP contribution in [-0.4, -0.2) is 22.8 Å². The molecule has 0 spiro atoms. The van der Waals surface area contributed by atoms with Crippen LogP contribution in [0.4, 0.5) is 0 Å². The first-order valence-corrected chi connectivity index (χ1v) is 8.46. The zero-order valence-corrected chi connectivity index (χ0v) is 14.8. The van der Waals surface area contributed by atoms with Crippen LogP contribution in [0, 0.1) is 13.8 Å². The van der Waals surface area contributed by atoms with E-state index in [1.807, 2.05) is 56.3 Å². The normalized spacial score (nSPS) is 11.9. The SMILES string of the molecule is Cc1cccc(C)c1C[C@@H](NC(=O)c1ccnc2ccccc12)C(N)=O. The van der Waals surface area contributed by atoms with Crippen molar-refractivity contribution in [2.24, 2.45) is 5.73 Å². The Morgan fingerprint density at radius 1 is 1.04 bits per heavy atom. The summed E-state index contributed by atoms with van der Waals surface area (Å²) in [5.74, 6) is -0.891. The van der Waals surface area contributed by atoms with Gasteiger partial charge in [-0.3, -0.25) is 14.6 Å². The Bertz CT molecular complexity index is 956. The predicted molar refractivity (Wildman–Crippen MR) is 102 cm³/mol. The van der Waals surface area contributed by atoms with Gasteiger partial charge in [0.25, 0.3) is 5.91 Å². The molecule has 0 aliphatic carbocycles. The van der Waals surface area contributed by atoms with Gasteiger partial charge in [0.2, 0.25) is 5.91 Å². The molecular formula is C21H21N3O2. The van der Waals surface area contributed by atoms with Crippen LogP contribution in [0.3, 0.4) is 0 Å². The van der Waals surface area contributed by atoms with Crippen molar-refractivity contribution in [3.8, 4) is 0 Å². The highest BCUT2D eigenvalue weighted by molar-refractivity contribution is 6.07. The minimum atomic E-state index is -0.783. The van der Waals surface area contributed by atoms with Gasteiger partial charge in [0.05, 0.1) is 11.1 Å². The molecule has 2 aromatic carbocycles. The van der Waals surface area contributed by atoms with Gasteiger partial charge in [-0.05, 0) is 42.7 Å². The van der Waals surface area contributed by atoms with Gasteiger partial charge in [-0.15, -0.1) is 0 Å². The Morgan fingerprint density at radius 3 is 2.42 bits per heavy atom. The molecule has 1 aromatic heterocycles. The van der Waals surface area contributed by atoms with E-state index in [0.717, 1.165) is 27.6 Å². The van der Waals surface area contributed by atoms with E-state index < -0.39 is 11.9 Å². The number of aryl methyl sites for hydroxylation is 2. The standard InChI is InChI=1S/C21H21N3O2/c1-13-6-5-7-14(2)17(13)12-19(20(22)25)24-21(26)16-10-11-23-18-9-4-3-8-15(16)18/h3-11,19H,12H2,1-2H3,(H2,22,25)(H,24,26)/t19-/m1/s1. The van der Waals surface area contributed by atoms with Crippen LogP contribution in [0.2, 0.25) is 0 Å². The molecule has 3 aromatic rings. The number of aromatic nitrogens is 1. The van der Waals surface area contributed by atoms with Crippen molar-refractivity contribution in [1.82, 2.24) is 10.3 Å². The number of carbonyl (C=O) groups is 2. The lowest BCUT2D eigenvalue weighted by Gasteiger charge is -2.19. The summed E-state index contributed by atoms with van der Waals surface area (Å²) in [6.07, 6.45) is 1.95. The molecule has 0 radical (unpaired) electrons. The Hall–Kier alpha value is -3.21. The maximum Gasteiger partial charge on any atom is 0.252 e. The number of fused-ring (bicyclic) bond motifs is 1. The molecular weight excluding hydrogens is 326 g/mol. The third-order valence-electron chi connectivity index (χ3n) is 4.60. The van der Waals surface area contributed by atoms with E-state index in [-0.39, 0.29) is 5.91 Å². The Morgan fingerprint density at radius 2 is 1.73 bits per heavy atom. The van der Waals surface area contributed by atoms with E-state index in [4.69, 9.17) is 5.73 Å². The highest BCUT2D eigenvalue weighted by Crippen LogP contribution is 2.18. The lowest BCUT2D eigenvalue weighted by molar-refractivity contribution is -0.119. The van der Waals surface area contributed by atoms with Crippen LogP contribution in [-0.2, 0) is 11.2 Å². The topological polar surface area (TPSA) is 85.1 Å². The predicted octanol–water partition coefficient (Wildman–Crippen LogP) is 2.68. The summed E-state index contributed by atoms with van der Waals surface area (Å²) >= 11 is 0. The van der Waals surface area contributed by atoms with Crippen molar-refractivity contribution >= 4 is 22.7 Å². The second-order valence-electron chi connectivity index (χ2n) is 6.38. The summed E-state index contributed by atoms with van der Waals surface area (Å²) in [6.45, 7) is 3.97. The Kier molecular flexibility index (Phi) is 4.98. The summed E-state index contributed by atoms with van der Waals surface area (Å²) in [4.78, 5) is 29.0. The average Bonchev–Trinajstić information content (AvgIpc) is 2.63. The molecule has 2 amide bonds. The third kappa shape index (κ3) is 3.57. The molecule has 0 unspecified atom stereocenters. The number of amides is 2. The molecule has 3 rings (SSSR count). The number of hydrogen-bond acceptors (Lipinski definition) is 3. The number of rotatable bonds is 5. The molecule has 0 fully saturated rings. The van der Waals surface area contributed by atoms with E-state index in [2.05, 4.69) is 10.3 Å². The maximum absolute atomic E-state index is 12.8. The van der Waals surface area contributed by atoms with Gasteiger partial charge in [0, 0.05) is 18.0 Å². The van der Waals surface area contributed by atoms with Gasteiger partial charge in [-0.25, -0.2) is 0 Å². The van der Waals surface area contributed by atoms with Gasteiger partial charge in [-0.2, -0.15) is 0 Å². The molecule has 5 nitrogen and oxygen atoms in total. The fraction of sp³-hybridized carbons (Fsp3) is 0.190. The lowest BCUT2D eigenvalue weighted by Crippen LogP contribution is -2.46. The van der Waals surface area contributed by atoms with E-state index in [9.17, 15) is 9.59 Å². The van der Waals surface area contributed by atoms with Crippen LogP contribution in [0.15, 0.2) is 54.7 Å². The number of carbonyl (C=O) groups excluding carboxylic acids is 2. The first-order chi connectivity index (χ1) is 12.5. The van der Waals surface area contributed by atoms with Gasteiger partial charge in [-0.1, -0.05) is 36.4 Å². The Balaban J connectivity index is 1.88.